The molecule has 19 heavy (non-hydrogen) atoms. The molecule has 2 aromatic carbocycles. The third-order valence-electron chi connectivity index (χ3n) is 3.21. The summed E-state index contributed by atoms with van der Waals surface area (Å²) >= 11 is 0. The van der Waals surface area contributed by atoms with E-state index in [0.717, 1.165) is 23.4 Å². The van der Waals surface area contributed by atoms with Crippen LogP contribution >= 0.6 is 0 Å². The topological polar surface area (TPSA) is 18.5 Å². The van der Waals surface area contributed by atoms with Crippen molar-refractivity contribution >= 4 is 12.6 Å². The lowest BCUT2D eigenvalue weighted by Crippen LogP contribution is -2.38. The number of para-hydroxylation sites is 2. The van der Waals surface area contributed by atoms with Gasteiger partial charge in [0.2, 0.25) is 0 Å². The minimum absolute atomic E-state index is 0.314. The maximum Gasteiger partial charge on any atom is 0.632 e. The zero-order valence-corrected chi connectivity index (χ0v) is 11.3. The molecule has 1 heterocycles. The maximum absolute atomic E-state index is 5.79. The molecule has 0 spiro atoms. The van der Waals surface area contributed by atoms with E-state index in [0.29, 0.717) is 5.92 Å². The Bertz CT molecular complexity index is 538. The molecule has 0 atom stereocenters. The second kappa shape index (κ2) is 5.00. The van der Waals surface area contributed by atoms with Gasteiger partial charge in [-0.1, -0.05) is 50.2 Å². The smallest absolute Gasteiger partial charge is 0.519 e. The lowest BCUT2D eigenvalue weighted by Gasteiger charge is -2.08. The van der Waals surface area contributed by atoms with Gasteiger partial charge >= 0.3 is 7.12 Å². The van der Waals surface area contributed by atoms with Gasteiger partial charge in [0.05, 0.1) is 0 Å². The van der Waals surface area contributed by atoms with E-state index in [4.69, 9.17) is 9.31 Å². The minimum atomic E-state index is -0.314. The summed E-state index contributed by atoms with van der Waals surface area (Å²) in [6, 6.07) is 16.3. The Labute approximate surface area is 114 Å². The molecule has 0 N–H and O–H groups in total. The van der Waals surface area contributed by atoms with Crippen molar-refractivity contribution in [2.75, 3.05) is 0 Å². The van der Waals surface area contributed by atoms with Crippen LogP contribution < -0.4 is 14.8 Å². The van der Waals surface area contributed by atoms with E-state index in [1.54, 1.807) is 0 Å². The van der Waals surface area contributed by atoms with E-state index in [1.165, 1.54) is 5.56 Å². The molecule has 0 saturated heterocycles. The molecule has 0 fully saturated rings. The van der Waals surface area contributed by atoms with Crippen LogP contribution in [-0.4, -0.2) is 7.12 Å². The van der Waals surface area contributed by atoms with Crippen LogP contribution in [0, 0.1) is 5.92 Å². The van der Waals surface area contributed by atoms with Gasteiger partial charge in [-0.15, -0.1) is 0 Å². The third kappa shape index (κ3) is 2.60. The molecular formula is C16H17BO2. The molecule has 1 aliphatic rings. The highest BCUT2D eigenvalue weighted by Gasteiger charge is 2.33. The first-order valence-electron chi connectivity index (χ1n) is 6.73. The predicted octanol–water partition coefficient (Wildman–Crippen LogP) is 3.05. The Hall–Kier alpha value is -1.90. The summed E-state index contributed by atoms with van der Waals surface area (Å²) in [5.74, 6) is 2.31. The van der Waals surface area contributed by atoms with Crippen molar-refractivity contribution in [3.8, 4) is 11.5 Å². The second-order valence-electron chi connectivity index (χ2n) is 5.35. The van der Waals surface area contributed by atoms with Crippen molar-refractivity contribution in [3.05, 3.63) is 54.1 Å². The molecule has 96 valence electrons. The highest BCUT2D eigenvalue weighted by atomic mass is 16.6. The van der Waals surface area contributed by atoms with Crippen molar-refractivity contribution in [3.63, 3.8) is 0 Å². The van der Waals surface area contributed by atoms with Crippen molar-refractivity contribution < 1.29 is 9.31 Å². The van der Waals surface area contributed by atoms with Crippen molar-refractivity contribution in [2.24, 2.45) is 5.92 Å². The van der Waals surface area contributed by atoms with Crippen molar-refractivity contribution in [2.45, 2.75) is 20.3 Å². The minimum Gasteiger partial charge on any atom is -0.519 e. The van der Waals surface area contributed by atoms with Gasteiger partial charge in [0, 0.05) is 5.46 Å². The fourth-order valence-corrected chi connectivity index (χ4v) is 2.32. The van der Waals surface area contributed by atoms with Crippen LogP contribution in [0.1, 0.15) is 19.4 Å². The van der Waals surface area contributed by atoms with Gasteiger partial charge in [-0.3, -0.25) is 0 Å². The summed E-state index contributed by atoms with van der Waals surface area (Å²) in [4.78, 5) is 0. The third-order valence-corrected chi connectivity index (χ3v) is 3.21. The Morgan fingerprint density at radius 3 is 2.00 bits per heavy atom. The normalized spacial score (nSPS) is 13.1. The van der Waals surface area contributed by atoms with E-state index in [9.17, 15) is 0 Å². The van der Waals surface area contributed by atoms with Gasteiger partial charge in [0.25, 0.3) is 0 Å². The first kappa shape index (κ1) is 12.2. The molecule has 0 saturated carbocycles. The monoisotopic (exact) mass is 252 g/mol. The highest BCUT2D eigenvalue weighted by molar-refractivity contribution is 6.63. The molecule has 3 heteroatoms. The summed E-state index contributed by atoms with van der Waals surface area (Å²) in [7, 11) is -0.314. The largest absolute Gasteiger partial charge is 0.632 e. The standard InChI is InChI=1S/C16H17BO2/c1-12(2)11-13-7-9-14(10-8-13)17-18-15-5-3-4-6-16(15)19-17/h3-10,12H,11H2,1-2H3. The molecule has 3 rings (SSSR count). The Balaban J connectivity index is 1.75. The highest BCUT2D eigenvalue weighted by Crippen LogP contribution is 2.32. The Kier molecular flexibility index (Phi) is 3.20. The Morgan fingerprint density at radius 2 is 1.47 bits per heavy atom. The number of hydrogen-bond donors (Lipinski definition) is 0. The molecule has 0 radical (unpaired) electrons. The zero-order valence-electron chi connectivity index (χ0n) is 11.3. The molecule has 0 bridgehead atoms. The van der Waals surface area contributed by atoms with E-state index in [2.05, 4.69) is 38.1 Å². The van der Waals surface area contributed by atoms with Gasteiger partial charge in [-0.2, -0.15) is 0 Å². The van der Waals surface area contributed by atoms with E-state index in [-0.39, 0.29) is 7.12 Å². The average molecular weight is 252 g/mol. The number of benzene rings is 2. The summed E-state index contributed by atoms with van der Waals surface area (Å²) in [6.07, 6.45) is 1.10. The van der Waals surface area contributed by atoms with Crippen molar-refractivity contribution in [1.82, 2.24) is 0 Å². The Morgan fingerprint density at radius 1 is 0.895 bits per heavy atom. The van der Waals surface area contributed by atoms with Gasteiger partial charge in [-0.25, -0.2) is 0 Å². The van der Waals surface area contributed by atoms with Crippen molar-refractivity contribution in [1.29, 1.82) is 0 Å². The fourth-order valence-electron chi connectivity index (χ4n) is 2.32. The van der Waals surface area contributed by atoms with Gasteiger partial charge < -0.3 is 9.31 Å². The molecule has 1 aliphatic heterocycles. The van der Waals surface area contributed by atoms with Gasteiger partial charge in [0.1, 0.15) is 11.5 Å². The molecule has 2 nitrogen and oxygen atoms in total. The van der Waals surface area contributed by atoms with E-state index >= 15 is 0 Å². The number of hydrogen-bond acceptors (Lipinski definition) is 2. The van der Waals surface area contributed by atoms with Crippen LogP contribution in [0.2, 0.25) is 0 Å². The summed E-state index contributed by atoms with van der Waals surface area (Å²) in [6.45, 7) is 4.46. The average Bonchev–Trinajstić information content (AvgIpc) is 2.82. The first-order valence-corrected chi connectivity index (χ1v) is 6.73. The SMILES string of the molecule is CC(C)Cc1ccc(B2Oc3ccccc3O2)cc1. The molecule has 0 amide bonds. The van der Waals surface area contributed by atoms with Gasteiger partial charge in [-0.05, 0) is 30.0 Å². The summed E-state index contributed by atoms with van der Waals surface area (Å²) < 4.78 is 11.6. The quantitative estimate of drug-likeness (QED) is 0.781. The molecule has 0 unspecified atom stereocenters. The summed E-state index contributed by atoms with van der Waals surface area (Å²) in [5, 5.41) is 0. The lowest BCUT2D eigenvalue weighted by molar-refractivity contribution is 0.519. The second-order valence-corrected chi connectivity index (χ2v) is 5.35. The molecule has 2 aromatic rings. The van der Waals surface area contributed by atoms with Crippen LogP contribution in [0.3, 0.4) is 0 Å². The van der Waals surface area contributed by atoms with Crippen LogP contribution in [0.15, 0.2) is 48.5 Å². The number of rotatable bonds is 3. The van der Waals surface area contributed by atoms with E-state index in [1.807, 2.05) is 24.3 Å². The zero-order chi connectivity index (χ0) is 13.2. The molecule has 0 aromatic heterocycles. The van der Waals surface area contributed by atoms with E-state index < -0.39 is 0 Å². The van der Waals surface area contributed by atoms with Crippen LogP contribution in [0.4, 0.5) is 0 Å². The lowest BCUT2D eigenvalue weighted by atomic mass is 9.79. The van der Waals surface area contributed by atoms with Gasteiger partial charge in [0.15, 0.2) is 0 Å². The van der Waals surface area contributed by atoms with Crippen LogP contribution in [-0.2, 0) is 6.42 Å². The van der Waals surface area contributed by atoms with Crippen LogP contribution in [0.25, 0.3) is 0 Å². The first-order chi connectivity index (χ1) is 9.22. The molecular weight excluding hydrogens is 235 g/mol. The summed E-state index contributed by atoms with van der Waals surface area (Å²) in [5.41, 5.74) is 2.41. The van der Waals surface area contributed by atoms with Crippen LogP contribution in [0.5, 0.6) is 11.5 Å². The fraction of sp³-hybridized carbons (Fsp3) is 0.250. The predicted molar refractivity (Wildman–Crippen MR) is 78.1 cm³/mol. The number of fused-ring (bicyclic) bond motifs is 1. The maximum atomic E-state index is 5.79. The molecule has 0 aliphatic carbocycles.